The molecule has 0 aromatic carbocycles. The molecule has 0 spiro atoms. The highest BCUT2D eigenvalue weighted by molar-refractivity contribution is 5.82. The monoisotopic (exact) mass is 239 g/mol. The summed E-state index contributed by atoms with van der Waals surface area (Å²) in [5.41, 5.74) is 0.0998. The molecule has 2 saturated heterocycles. The summed E-state index contributed by atoms with van der Waals surface area (Å²) in [6.45, 7) is 8.11. The normalized spacial score (nSPS) is 30.3. The molecule has 1 N–H and O–H groups in total. The predicted octanol–water partition coefficient (Wildman–Crippen LogP) is 0.681. The van der Waals surface area contributed by atoms with Gasteiger partial charge in [0.2, 0.25) is 5.91 Å². The predicted molar refractivity (Wildman–Crippen MR) is 68.9 cm³/mol. The zero-order chi connectivity index (χ0) is 12.5. The van der Waals surface area contributed by atoms with Crippen LogP contribution < -0.4 is 5.32 Å². The lowest BCUT2D eigenvalue weighted by Gasteiger charge is -2.46. The Bertz CT molecular complexity index is 284. The Morgan fingerprint density at radius 1 is 1.29 bits per heavy atom. The van der Waals surface area contributed by atoms with Gasteiger partial charge < -0.3 is 10.2 Å². The second kappa shape index (κ2) is 4.94. The zero-order valence-electron chi connectivity index (χ0n) is 11.3. The van der Waals surface area contributed by atoms with Crippen LogP contribution in [-0.2, 0) is 4.79 Å². The van der Waals surface area contributed by atoms with E-state index in [2.05, 4.69) is 31.1 Å². The molecule has 1 atom stereocenters. The van der Waals surface area contributed by atoms with Crippen LogP contribution in [0.15, 0.2) is 0 Å². The van der Waals surface area contributed by atoms with Crippen molar-refractivity contribution in [3.05, 3.63) is 0 Å². The van der Waals surface area contributed by atoms with Gasteiger partial charge in [-0.1, -0.05) is 6.42 Å². The smallest absolute Gasteiger partial charge is 0.239 e. The van der Waals surface area contributed by atoms with E-state index in [1.807, 2.05) is 4.90 Å². The van der Waals surface area contributed by atoms with E-state index in [1.165, 1.54) is 12.8 Å². The van der Waals surface area contributed by atoms with Crippen molar-refractivity contribution in [1.82, 2.24) is 15.1 Å². The fourth-order valence-corrected chi connectivity index (χ4v) is 2.71. The Morgan fingerprint density at radius 2 is 2.06 bits per heavy atom. The van der Waals surface area contributed by atoms with Gasteiger partial charge in [-0.15, -0.1) is 0 Å². The van der Waals surface area contributed by atoms with Crippen molar-refractivity contribution < 1.29 is 4.79 Å². The highest BCUT2D eigenvalue weighted by Crippen LogP contribution is 2.20. The van der Waals surface area contributed by atoms with E-state index in [9.17, 15) is 4.79 Å². The van der Waals surface area contributed by atoms with Crippen molar-refractivity contribution in [3.63, 3.8) is 0 Å². The topological polar surface area (TPSA) is 35.6 Å². The summed E-state index contributed by atoms with van der Waals surface area (Å²) in [5.74, 6) is 0.311. The van der Waals surface area contributed by atoms with Gasteiger partial charge in [0.25, 0.3) is 0 Å². The van der Waals surface area contributed by atoms with Crippen LogP contribution in [0.4, 0.5) is 0 Å². The molecule has 0 aromatic heterocycles. The van der Waals surface area contributed by atoms with E-state index < -0.39 is 0 Å². The van der Waals surface area contributed by atoms with Crippen molar-refractivity contribution in [2.24, 2.45) is 0 Å². The molecule has 17 heavy (non-hydrogen) atoms. The van der Waals surface area contributed by atoms with E-state index in [-0.39, 0.29) is 11.6 Å². The second-order valence-electron chi connectivity index (χ2n) is 6.00. The van der Waals surface area contributed by atoms with Crippen molar-refractivity contribution in [3.8, 4) is 0 Å². The molecule has 2 aliphatic heterocycles. The molecule has 2 rings (SSSR count). The van der Waals surface area contributed by atoms with E-state index in [1.54, 1.807) is 0 Å². The number of piperazine rings is 1. The molecule has 4 nitrogen and oxygen atoms in total. The first-order chi connectivity index (χ1) is 8.00. The maximum Gasteiger partial charge on any atom is 0.239 e. The number of amides is 1. The van der Waals surface area contributed by atoms with Gasteiger partial charge in [0.05, 0.1) is 6.04 Å². The van der Waals surface area contributed by atoms with Gasteiger partial charge in [-0.05, 0) is 40.3 Å². The van der Waals surface area contributed by atoms with Crippen molar-refractivity contribution in [1.29, 1.82) is 0 Å². The van der Waals surface area contributed by atoms with Crippen LogP contribution in [0.5, 0.6) is 0 Å². The summed E-state index contributed by atoms with van der Waals surface area (Å²) in [6.07, 6.45) is 3.39. The Balaban J connectivity index is 1.95. The Morgan fingerprint density at radius 3 is 2.65 bits per heavy atom. The highest BCUT2D eigenvalue weighted by Gasteiger charge is 2.35. The maximum atomic E-state index is 12.4. The average Bonchev–Trinajstić information content (AvgIpc) is 2.33. The SMILES string of the molecule is CN1CCN(C(=O)[C@H]2CCCCN2)CC1(C)C. The quantitative estimate of drug-likeness (QED) is 0.731. The molecule has 2 fully saturated rings. The van der Waals surface area contributed by atoms with Gasteiger partial charge in [-0.3, -0.25) is 9.69 Å². The van der Waals surface area contributed by atoms with Gasteiger partial charge in [-0.2, -0.15) is 0 Å². The molecule has 2 aliphatic rings. The lowest BCUT2D eigenvalue weighted by molar-refractivity contribution is -0.138. The first kappa shape index (κ1) is 12.8. The summed E-state index contributed by atoms with van der Waals surface area (Å²) in [7, 11) is 2.14. The molecule has 0 unspecified atom stereocenters. The molecule has 0 aliphatic carbocycles. The first-order valence-corrected chi connectivity index (χ1v) is 6.74. The second-order valence-corrected chi connectivity index (χ2v) is 6.00. The van der Waals surface area contributed by atoms with Gasteiger partial charge >= 0.3 is 0 Å². The minimum Gasteiger partial charge on any atom is -0.338 e. The third-order valence-corrected chi connectivity index (χ3v) is 4.24. The van der Waals surface area contributed by atoms with Crippen LogP contribution in [0.3, 0.4) is 0 Å². The molecular formula is C13H25N3O. The third kappa shape index (κ3) is 2.80. The standard InChI is InChI=1S/C13H25N3O/c1-13(2)10-16(9-8-15(13)3)12(17)11-6-4-5-7-14-11/h11,14H,4-10H2,1-3H3/t11-/m1/s1. The molecular weight excluding hydrogens is 214 g/mol. The molecule has 98 valence electrons. The number of nitrogens with zero attached hydrogens (tertiary/aromatic N) is 2. The summed E-state index contributed by atoms with van der Waals surface area (Å²) >= 11 is 0. The Kier molecular flexibility index (Phi) is 3.73. The molecule has 0 radical (unpaired) electrons. The largest absolute Gasteiger partial charge is 0.338 e. The molecule has 0 aromatic rings. The summed E-state index contributed by atoms with van der Waals surface area (Å²) < 4.78 is 0. The minimum absolute atomic E-state index is 0.0722. The van der Waals surface area contributed by atoms with Crippen molar-refractivity contribution in [2.75, 3.05) is 33.2 Å². The van der Waals surface area contributed by atoms with E-state index in [0.717, 1.165) is 32.6 Å². The van der Waals surface area contributed by atoms with Crippen LogP contribution in [0.25, 0.3) is 0 Å². The van der Waals surface area contributed by atoms with Crippen molar-refractivity contribution >= 4 is 5.91 Å². The Labute approximate surface area is 104 Å². The fraction of sp³-hybridized carbons (Fsp3) is 0.923. The van der Waals surface area contributed by atoms with Gasteiger partial charge in [0, 0.05) is 25.2 Å². The Hall–Kier alpha value is -0.610. The summed E-state index contributed by atoms with van der Waals surface area (Å²) in [6, 6.07) is 0.0722. The highest BCUT2D eigenvalue weighted by atomic mass is 16.2. The number of nitrogens with one attached hydrogen (secondary N) is 1. The number of likely N-dealkylation sites (N-methyl/N-ethyl adjacent to an activating group) is 1. The van der Waals surface area contributed by atoms with E-state index >= 15 is 0 Å². The van der Waals surface area contributed by atoms with Gasteiger partial charge in [0.1, 0.15) is 0 Å². The summed E-state index contributed by atoms with van der Waals surface area (Å²) in [4.78, 5) is 16.8. The van der Waals surface area contributed by atoms with E-state index in [0.29, 0.717) is 5.91 Å². The molecule has 0 saturated carbocycles. The number of hydrogen-bond acceptors (Lipinski definition) is 3. The van der Waals surface area contributed by atoms with Crippen LogP contribution in [-0.4, -0.2) is 60.5 Å². The molecule has 1 amide bonds. The zero-order valence-corrected chi connectivity index (χ0v) is 11.3. The molecule has 0 bridgehead atoms. The van der Waals surface area contributed by atoms with Crippen LogP contribution >= 0.6 is 0 Å². The van der Waals surface area contributed by atoms with E-state index in [4.69, 9.17) is 0 Å². The number of hydrogen-bond donors (Lipinski definition) is 1. The number of rotatable bonds is 1. The average molecular weight is 239 g/mol. The third-order valence-electron chi connectivity index (χ3n) is 4.24. The minimum atomic E-state index is 0.0722. The van der Waals surface area contributed by atoms with Crippen molar-refractivity contribution in [2.45, 2.75) is 44.7 Å². The van der Waals surface area contributed by atoms with Crippen LogP contribution in [0.1, 0.15) is 33.1 Å². The first-order valence-electron chi connectivity index (χ1n) is 6.74. The van der Waals surface area contributed by atoms with Crippen LogP contribution in [0.2, 0.25) is 0 Å². The maximum absolute atomic E-state index is 12.4. The number of carbonyl (C=O) groups is 1. The number of piperidine rings is 1. The van der Waals surface area contributed by atoms with Gasteiger partial charge in [-0.25, -0.2) is 0 Å². The molecule has 4 heteroatoms. The molecule has 2 heterocycles. The lowest BCUT2D eigenvalue weighted by atomic mass is 9.97. The summed E-state index contributed by atoms with van der Waals surface area (Å²) in [5, 5.41) is 3.35. The fourth-order valence-electron chi connectivity index (χ4n) is 2.71. The number of carbonyl (C=O) groups excluding carboxylic acids is 1. The van der Waals surface area contributed by atoms with Crippen LogP contribution in [0, 0.1) is 0 Å². The van der Waals surface area contributed by atoms with Gasteiger partial charge in [0.15, 0.2) is 0 Å². The lowest BCUT2D eigenvalue weighted by Crippen LogP contribution is -2.61.